The number of anilines is 1. The zero-order valence-electron chi connectivity index (χ0n) is 14.8. The van der Waals surface area contributed by atoms with Crippen molar-refractivity contribution in [3.8, 4) is 0 Å². The molecule has 1 aromatic heterocycles. The molecule has 8 heteroatoms. The molecule has 26 heavy (non-hydrogen) atoms. The summed E-state index contributed by atoms with van der Waals surface area (Å²) in [6.45, 7) is 4.11. The average molecular weight is 374 g/mol. The van der Waals surface area contributed by atoms with Crippen LogP contribution in [0.25, 0.3) is 0 Å². The summed E-state index contributed by atoms with van der Waals surface area (Å²) in [4.78, 5) is 20.9. The van der Waals surface area contributed by atoms with Crippen molar-refractivity contribution in [1.82, 2.24) is 15.3 Å². The maximum atomic E-state index is 12.4. The summed E-state index contributed by atoms with van der Waals surface area (Å²) >= 11 is 0. The number of nitrogens with zero attached hydrogens (tertiary/aromatic N) is 2. The van der Waals surface area contributed by atoms with Gasteiger partial charge in [0.05, 0.1) is 11.5 Å². The number of hydrogen-bond acceptors (Lipinski definition) is 6. The van der Waals surface area contributed by atoms with Gasteiger partial charge in [-0.15, -0.1) is 0 Å². The lowest BCUT2D eigenvalue weighted by Gasteiger charge is -2.13. The number of carbonyl (C=O) groups excluding carboxylic acids is 1. The summed E-state index contributed by atoms with van der Waals surface area (Å²) in [6, 6.07) is 9.22. The van der Waals surface area contributed by atoms with Crippen LogP contribution in [0.1, 0.15) is 33.9 Å². The number of rotatable bonds is 5. The van der Waals surface area contributed by atoms with E-state index in [9.17, 15) is 13.2 Å². The first-order valence-electron chi connectivity index (χ1n) is 8.48. The summed E-state index contributed by atoms with van der Waals surface area (Å²) in [5, 5.41) is 5.97. The van der Waals surface area contributed by atoms with E-state index in [0.29, 0.717) is 24.6 Å². The first-order valence-corrected chi connectivity index (χ1v) is 10.3. The van der Waals surface area contributed by atoms with Gasteiger partial charge in [-0.05, 0) is 31.4 Å². The first-order chi connectivity index (χ1) is 12.3. The number of aromatic nitrogens is 2. The van der Waals surface area contributed by atoms with Crippen LogP contribution in [0.15, 0.2) is 30.3 Å². The van der Waals surface area contributed by atoms with Gasteiger partial charge in [0.15, 0.2) is 9.84 Å². The van der Waals surface area contributed by atoms with E-state index < -0.39 is 9.84 Å². The van der Waals surface area contributed by atoms with Gasteiger partial charge in [-0.1, -0.05) is 24.3 Å². The first kappa shape index (κ1) is 18.3. The summed E-state index contributed by atoms with van der Waals surface area (Å²) in [5.41, 5.74) is 2.41. The van der Waals surface area contributed by atoms with Crippen LogP contribution < -0.4 is 10.6 Å². The smallest absolute Gasteiger partial charge is 0.270 e. The molecule has 1 atom stereocenters. The van der Waals surface area contributed by atoms with E-state index in [-0.39, 0.29) is 29.1 Å². The molecule has 1 fully saturated rings. The Kier molecular flexibility index (Phi) is 5.22. The van der Waals surface area contributed by atoms with Gasteiger partial charge in [0, 0.05) is 18.7 Å². The molecule has 138 valence electrons. The van der Waals surface area contributed by atoms with Gasteiger partial charge in [0.1, 0.15) is 17.3 Å². The van der Waals surface area contributed by atoms with E-state index in [4.69, 9.17) is 0 Å². The normalized spacial score (nSPS) is 18.5. The van der Waals surface area contributed by atoms with Crippen molar-refractivity contribution in [2.45, 2.75) is 32.9 Å². The van der Waals surface area contributed by atoms with Crippen molar-refractivity contribution in [1.29, 1.82) is 0 Å². The quantitative estimate of drug-likeness (QED) is 0.825. The van der Waals surface area contributed by atoms with Crippen molar-refractivity contribution in [3.05, 3.63) is 53.0 Å². The predicted molar refractivity (Wildman–Crippen MR) is 99.8 cm³/mol. The highest BCUT2D eigenvalue weighted by molar-refractivity contribution is 7.91. The molecule has 0 saturated carbocycles. The molecule has 0 bridgehead atoms. The average Bonchev–Trinajstić information content (AvgIpc) is 2.92. The van der Waals surface area contributed by atoms with Crippen molar-refractivity contribution in [2.75, 3.05) is 16.8 Å². The van der Waals surface area contributed by atoms with E-state index in [2.05, 4.69) is 20.6 Å². The van der Waals surface area contributed by atoms with Crippen molar-refractivity contribution in [3.63, 3.8) is 0 Å². The second-order valence-corrected chi connectivity index (χ2v) is 8.77. The van der Waals surface area contributed by atoms with Gasteiger partial charge < -0.3 is 10.6 Å². The van der Waals surface area contributed by atoms with E-state index in [1.165, 1.54) is 0 Å². The molecule has 1 aliphatic heterocycles. The lowest BCUT2D eigenvalue weighted by atomic mass is 10.1. The van der Waals surface area contributed by atoms with Crippen LogP contribution >= 0.6 is 0 Å². The van der Waals surface area contributed by atoms with E-state index in [1.807, 2.05) is 31.2 Å². The Hall–Kier alpha value is -2.48. The third-order valence-corrected chi connectivity index (χ3v) is 6.12. The summed E-state index contributed by atoms with van der Waals surface area (Å²) < 4.78 is 23.2. The van der Waals surface area contributed by atoms with Crippen molar-refractivity contribution >= 4 is 21.6 Å². The zero-order chi connectivity index (χ0) is 18.7. The van der Waals surface area contributed by atoms with Gasteiger partial charge in [-0.2, -0.15) is 0 Å². The second kappa shape index (κ2) is 7.41. The minimum Gasteiger partial charge on any atom is -0.366 e. The number of nitrogens with one attached hydrogen (secondary N) is 2. The van der Waals surface area contributed by atoms with E-state index in [1.54, 1.807) is 13.0 Å². The minimum atomic E-state index is -2.98. The van der Waals surface area contributed by atoms with Gasteiger partial charge in [-0.25, -0.2) is 18.4 Å². The Bertz CT molecular complexity index is 928. The Morgan fingerprint density at radius 1 is 1.23 bits per heavy atom. The van der Waals surface area contributed by atoms with Crippen LogP contribution in [0.2, 0.25) is 0 Å². The van der Waals surface area contributed by atoms with Gasteiger partial charge in [0.2, 0.25) is 0 Å². The molecule has 2 heterocycles. The van der Waals surface area contributed by atoms with Gasteiger partial charge in [0.25, 0.3) is 5.91 Å². The van der Waals surface area contributed by atoms with Crippen molar-refractivity contribution < 1.29 is 13.2 Å². The monoisotopic (exact) mass is 374 g/mol. The van der Waals surface area contributed by atoms with Crippen LogP contribution in [0, 0.1) is 13.8 Å². The second-order valence-electron chi connectivity index (χ2n) is 6.54. The highest BCUT2D eigenvalue weighted by Gasteiger charge is 2.28. The number of sulfone groups is 1. The fraction of sp³-hybridized carbons (Fsp3) is 0.389. The number of benzene rings is 1. The highest BCUT2D eigenvalue weighted by Crippen LogP contribution is 2.17. The molecule has 2 aromatic rings. The van der Waals surface area contributed by atoms with Gasteiger partial charge in [-0.3, -0.25) is 4.79 Å². The standard InChI is InChI=1S/C18H22N4O3S/c1-12-5-3-4-6-14(12)10-19-18(23)16-9-17(21-13(2)20-16)22-15-7-8-26(24,25)11-15/h3-6,9,15H,7-8,10-11H2,1-2H3,(H,19,23)(H,20,21,22). The molecule has 1 aromatic carbocycles. The highest BCUT2D eigenvalue weighted by atomic mass is 32.2. The topological polar surface area (TPSA) is 101 Å². The zero-order valence-corrected chi connectivity index (χ0v) is 15.6. The molecule has 1 saturated heterocycles. The molecular weight excluding hydrogens is 352 g/mol. The van der Waals surface area contributed by atoms with Crippen LogP contribution in [-0.4, -0.2) is 41.8 Å². The Labute approximate surface area is 153 Å². The fourth-order valence-corrected chi connectivity index (χ4v) is 4.62. The number of carbonyl (C=O) groups is 1. The third-order valence-electron chi connectivity index (χ3n) is 4.36. The predicted octanol–water partition coefficient (Wildman–Crippen LogP) is 1.62. The summed E-state index contributed by atoms with van der Waals surface area (Å²) in [7, 11) is -2.98. The number of aryl methyl sites for hydroxylation is 2. The van der Waals surface area contributed by atoms with Gasteiger partial charge >= 0.3 is 0 Å². The Morgan fingerprint density at radius 2 is 2.00 bits per heavy atom. The largest absolute Gasteiger partial charge is 0.366 e. The molecule has 0 spiro atoms. The number of hydrogen-bond donors (Lipinski definition) is 2. The molecule has 1 aliphatic rings. The number of amides is 1. The third kappa shape index (κ3) is 4.57. The van der Waals surface area contributed by atoms with Crippen LogP contribution in [0.3, 0.4) is 0 Å². The summed E-state index contributed by atoms with van der Waals surface area (Å²) in [6.07, 6.45) is 0.542. The molecule has 0 aliphatic carbocycles. The molecule has 1 amide bonds. The van der Waals surface area contributed by atoms with Crippen LogP contribution in [-0.2, 0) is 16.4 Å². The molecule has 1 unspecified atom stereocenters. The molecule has 7 nitrogen and oxygen atoms in total. The SMILES string of the molecule is Cc1nc(NC2CCS(=O)(=O)C2)cc(C(=O)NCc2ccccc2C)n1. The molecular formula is C18H22N4O3S. The maximum absolute atomic E-state index is 12.4. The molecule has 0 radical (unpaired) electrons. The summed E-state index contributed by atoms with van der Waals surface area (Å²) in [5.74, 6) is 0.905. The molecule has 2 N–H and O–H groups in total. The Morgan fingerprint density at radius 3 is 2.69 bits per heavy atom. The van der Waals surface area contributed by atoms with E-state index >= 15 is 0 Å². The Balaban J connectivity index is 1.68. The lowest BCUT2D eigenvalue weighted by Crippen LogP contribution is -2.26. The van der Waals surface area contributed by atoms with Crippen LogP contribution in [0.5, 0.6) is 0 Å². The minimum absolute atomic E-state index is 0.0882. The lowest BCUT2D eigenvalue weighted by molar-refractivity contribution is 0.0945. The van der Waals surface area contributed by atoms with Crippen LogP contribution in [0.4, 0.5) is 5.82 Å². The molecule has 3 rings (SSSR count). The van der Waals surface area contributed by atoms with E-state index in [0.717, 1.165) is 11.1 Å². The van der Waals surface area contributed by atoms with Crippen molar-refractivity contribution in [2.24, 2.45) is 0 Å². The fourth-order valence-electron chi connectivity index (χ4n) is 2.95. The maximum Gasteiger partial charge on any atom is 0.270 e.